The van der Waals surface area contributed by atoms with Crippen molar-refractivity contribution in [3.63, 3.8) is 0 Å². The summed E-state index contributed by atoms with van der Waals surface area (Å²) in [6.45, 7) is 6.99. The highest BCUT2D eigenvalue weighted by atomic mass is 16.3. The van der Waals surface area contributed by atoms with E-state index >= 15 is 0 Å². The Kier molecular flexibility index (Phi) is 3.52. The van der Waals surface area contributed by atoms with Crippen LogP contribution in [0.5, 0.6) is 0 Å². The lowest BCUT2D eigenvalue weighted by Crippen LogP contribution is -2.49. The van der Waals surface area contributed by atoms with Gasteiger partial charge in [0.2, 0.25) is 0 Å². The van der Waals surface area contributed by atoms with Gasteiger partial charge in [-0.05, 0) is 80.0 Å². The molecule has 0 aliphatic heterocycles. The Hall–Kier alpha value is -0.370. The van der Waals surface area contributed by atoms with Crippen molar-refractivity contribution in [1.29, 1.82) is 0 Å². The first-order chi connectivity index (χ1) is 9.41. The number of fused-ring (bicyclic) bond motifs is 3. The zero-order valence-electron chi connectivity index (χ0n) is 13.3. The number of rotatable bonds is 4. The first kappa shape index (κ1) is 14.6. The maximum atomic E-state index is 11.4. The molecule has 20 heavy (non-hydrogen) atoms. The number of hydrogen-bond acceptors (Lipinski definition) is 2. The zero-order valence-corrected chi connectivity index (χ0v) is 13.3. The lowest BCUT2D eigenvalue weighted by atomic mass is 9.49. The minimum Gasteiger partial charge on any atom is -0.396 e. The van der Waals surface area contributed by atoms with Crippen molar-refractivity contribution < 1.29 is 9.90 Å². The van der Waals surface area contributed by atoms with E-state index in [9.17, 15) is 9.90 Å². The predicted octanol–water partition coefficient (Wildman–Crippen LogP) is 3.82. The van der Waals surface area contributed by atoms with Crippen molar-refractivity contribution in [3.05, 3.63) is 0 Å². The molecule has 0 spiro atoms. The molecule has 0 aromatic carbocycles. The second kappa shape index (κ2) is 4.83. The fourth-order valence-electron chi connectivity index (χ4n) is 6.11. The molecule has 2 nitrogen and oxygen atoms in total. The molecule has 0 saturated heterocycles. The SMILES string of the molecule is CC(=O)CC[C@@H]1[C@@H](CO)CC[C@@H]2[C@@]3(C)C[C@H]3CC[C@]21C. The Morgan fingerprint density at radius 3 is 2.60 bits per heavy atom. The highest BCUT2D eigenvalue weighted by molar-refractivity contribution is 5.75. The van der Waals surface area contributed by atoms with Gasteiger partial charge in [-0.3, -0.25) is 0 Å². The maximum absolute atomic E-state index is 11.4. The van der Waals surface area contributed by atoms with Crippen LogP contribution in [0.4, 0.5) is 0 Å². The predicted molar refractivity (Wildman–Crippen MR) is 80.3 cm³/mol. The molecule has 3 aliphatic rings. The van der Waals surface area contributed by atoms with Gasteiger partial charge in [0.1, 0.15) is 5.78 Å². The average Bonchev–Trinajstić information content (AvgIpc) is 3.07. The Labute approximate surface area is 123 Å². The fourth-order valence-corrected chi connectivity index (χ4v) is 6.11. The number of Topliss-reactive ketones (excluding diaryl/α,β-unsaturated/α-hetero) is 1. The largest absolute Gasteiger partial charge is 0.396 e. The molecule has 3 fully saturated rings. The lowest BCUT2D eigenvalue weighted by molar-refractivity contribution is -0.119. The Balaban J connectivity index is 1.84. The number of hydrogen-bond donors (Lipinski definition) is 1. The van der Waals surface area contributed by atoms with E-state index in [0.717, 1.165) is 18.3 Å². The molecule has 3 rings (SSSR count). The summed E-state index contributed by atoms with van der Waals surface area (Å²) in [6.07, 6.45) is 8.27. The second-order valence-electron chi connectivity index (χ2n) is 8.37. The van der Waals surface area contributed by atoms with Crippen molar-refractivity contribution in [2.75, 3.05) is 6.61 Å². The Morgan fingerprint density at radius 1 is 1.20 bits per heavy atom. The topological polar surface area (TPSA) is 37.3 Å². The van der Waals surface area contributed by atoms with Gasteiger partial charge in [0, 0.05) is 13.0 Å². The number of carbonyl (C=O) groups excluding carboxylic acids is 1. The molecule has 0 heterocycles. The third kappa shape index (κ3) is 2.06. The molecule has 0 aromatic rings. The number of ketones is 1. The molecule has 1 N–H and O–H groups in total. The van der Waals surface area contributed by atoms with E-state index in [0.29, 0.717) is 41.5 Å². The summed E-state index contributed by atoms with van der Waals surface area (Å²) in [5, 5.41) is 9.79. The monoisotopic (exact) mass is 278 g/mol. The molecule has 0 radical (unpaired) electrons. The quantitative estimate of drug-likeness (QED) is 0.849. The first-order valence-corrected chi connectivity index (χ1v) is 8.52. The van der Waals surface area contributed by atoms with Gasteiger partial charge in [0.25, 0.3) is 0 Å². The van der Waals surface area contributed by atoms with Crippen LogP contribution in [-0.4, -0.2) is 17.5 Å². The molecule has 3 aliphatic carbocycles. The first-order valence-electron chi connectivity index (χ1n) is 8.52. The number of carbonyl (C=O) groups is 1. The van der Waals surface area contributed by atoms with Crippen LogP contribution in [0.25, 0.3) is 0 Å². The van der Waals surface area contributed by atoms with Crippen LogP contribution >= 0.6 is 0 Å². The van der Waals surface area contributed by atoms with Gasteiger partial charge >= 0.3 is 0 Å². The minimum atomic E-state index is 0.304. The van der Waals surface area contributed by atoms with Gasteiger partial charge in [-0.25, -0.2) is 0 Å². The molecule has 2 heteroatoms. The van der Waals surface area contributed by atoms with Crippen molar-refractivity contribution in [2.24, 2.45) is 34.5 Å². The second-order valence-corrected chi connectivity index (χ2v) is 8.37. The van der Waals surface area contributed by atoms with Crippen LogP contribution in [0.2, 0.25) is 0 Å². The summed E-state index contributed by atoms with van der Waals surface area (Å²) in [6, 6.07) is 0. The molecule has 6 atom stereocenters. The van der Waals surface area contributed by atoms with Crippen LogP contribution in [0.15, 0.2) is 0 Å². The molecule has 0 unspecified atom stereocenters. The summed E-state index contributed by atoms with van der Waals surface area (Å²) < 4.78 is 0. The van der Waals surface area contributed by atoms with Gasteiger partial charge in [-0.2, -0.15) is 0 Å². The van der Waals surface area contributed by atoms with E-state index in [4.69, 9.17) is 0 Å². The maximum Gasteiger partial charge on any atom is 0.129 e. The molecular formula is C18H30O2. The highest BCUT2D eigenvalue weighted by Crippen LogP contribution is 2.73. The average molecular weight is 278 g/mol. The Bertz CT molecular complexity index is 404. The minimum absolute atomic E-state index is 0.304. The van der Waals surface area contributed by atoms with E-state index in [1.165, 1.54) is 32.1 Å². The van der Waals surface area contributed by atoms with Crippen LogP contribution in [0.1, 0.15) is 65.7 Å². The number of aliphatic hydroxyl groups is 1. The van der Waals surface area contributed by atoms with E-state index in [1.54, 1.807) is 6.92 Å². The third-order valence-corrected chi connectivity index (χ3v) is 7.37. The molecule has 0 aromatic heterocycles. The van der Waals surface area contributed by atoms with Crippen LogP contribution in [0, 0.1) is 34.5 Å². The van der Waals surface area contributed by atoms with Gasteiger partial charge in [-0.15, -0.1) is 0 Å². The summed E-state index contributed by atoms with van der Waals surface area (Å²) in [4.78, 5) is 11.4. The molecule has 3 saturated carbocycles. The molecule has 0 amide bonds. The standard InChI is InChI=1S/C18H30O2/c1-12(20)4-6-15-13(11-19)5-7-16-17(15,2)9-8-14-10-18(14,16)3/h13-16,19H,4-11H2,1-3H3/t13-,14-,15-,16+,17+,18+/m1/s1. The molecule has 114 valence electrons. The van der Waals surface area contributed by atoms with Crippen molar-refractivity contribution in [3.8, 4) is 0 Å². The van der Waals surface area contributed by atoms with E-state index in [1.807, 2.05) is 0 Å². The van der Waals surface area contributed by atoms with Crippen LogP contribution in [0.3, 0.4) is 0 Å². The summed E-state index contributed by atoms with van der Waals surface area (Å²) >= 11 is 0. The third-order valence-electron chi connectivity index (χ3n) is 7.37. The van der Waals surface area contributed by atoms with E-state index in [2.05, 4.69) is 13.8 Å². The number of aliphatic hydroxyl groups excluding tert-OH is 1. The van der Waals surface area contributed by atoms with E-state index < -0.39 is 0 Å². The summed E-state index contributed by atoms with van der Waals surface area (Å²) in [7, 11) is 0. The summed E-state index contributed by atoms with van der Waals surface area (Å²) in [5.41, 5.74) is 0.949. The van der Waals surface area contributed by atoms with Crippen molar-refractivity contribution in [1.82, 2.24) is 0 Å². The van der Waals surface area contributed by atoms with E-state index in [-0.39, 0.29) is 0 Å². The smallest absolute Gasteiger partial charge is 0.129 e. The molecule has 0 bridgehead atoms. The molecular weight excluding hydrogens is 248 g/mol. The van der Waals surface area contributed by atoms with Gasteiger partial charge in [0.05, 0.1) is 0 Å². The fraction of sp³-hybridized carbons (Fsp3) is 0.944. The van der Waals surface area contributed by atoms with Crippen molar-refractivity contribution >= 4 is 5.78 Å². The zero-order chi connectivity index (χ0) is 14.5. The van der Waals surface area contributed by atoms with Gasteiger partial charge in [0.15, 0.2) is 0 Å². The van der Waals surface area contributed by atoms with Crippen LogP contribution < -0.4 is 0 Å². The van der Waals surface area contributed by atoms with Gasteiger partial charge in [-0.1, -0.05) is 13.8 Å². The normalized spacial score (nSPS) is 50.2. The van der Waals surface area contributed by atoms with Crippen molar-refractivity contribution in [2.45, 2.75) is 65.7 Å². The van der Waals surface area contributed by atoms with Gasteiger partial charge < -0.3 is 9.90 Å². The highest BCUT2D eigenvalue weighted by Gasteiger charge is 2.65. The lowest BCUT2D eigenvalue weighted by Gasteiger charge is -2.56. The van der Waals surface area contributed by atoms with Crippen LogP contribution in [-0.2, 0) is 4.79 Å². The Morgan fingerprint density at radius 2 is 1.95 bits per heavy atom. The summed E-state index contributed by atoms with van der Waals surface area (Å²) in [5.74, 6) is 3.08.